The molecule has 2 nitrogen and oxygen atoms in total. The largest absolute Gasteiger partial charge is 0.362 e. The van der Waals surface area contributed by atoms with Gasteiger partial charge in [-0.25, -0.2) is 0 Å². The predicted molar refractivity (Wildman–Crippen MR) is 85.6 cm³/mol. The summed E-state index contributed by atoms with van der Waals surface area (Å²) in [6.45, 7) is 6.39. The molecule has 1 rings (SSSR count). The van der Waals surface area contributed by atoms with Crippen molar-refractivity contribution in [2.75, 3.05) is 5.32 Å². The summed E-state index contributed by atoms with van der Waals surface area (Å²) in [5.41, 5.74) is 3.45. The third-order valence-electron chi connectivity index (χ3n) is 2.50. The molecule has 0 heterocycles. The summed E-state index contributed by atoms with van der Waals surface area (Å²) >= 11 is 0. The van der Waals surface area contributed by atoms with Crippen LogP contribution in [0.5, 0.6) is 0 Å². The maximum absolute atomic E-state index is 6.94. The fourth-order valence-electron chi connectivity index (χ4n) is 1.77. The van der Waals surface area contributed by atoms with Crippen molar-refractivity contribution in [3.63, 3.8) is 0 Å². The van der Waals surface area contributed by atoms with Gasteiger partial charge in [-0.15, -0.1) is 0 Å². The SMILES string of the molecule is C/C=C\C(=C/C(C)C)c1cccc(N/C=C\C=N)c1. The van der Waals surface area contributed by atoms with Gasteiger partial charge in [0.15, 0.2) is 0 Å². The quantitative estimate of drug-likeness (QED) is 0.551. The van der Waals surface area contributed by atoms with Gasteiger partial charge in [0.05, 0.1) is 0 Å². The average molecular weight is 254 g/mol. The van der Waals surface area contributed by atoms with E-state index in [2.05, 4.69) is 49.5 Å². The van der Waals surface area contributed by atoms with Gasteiger partial charge >= 0.3 is 0 Å². The van der Waals surface area contributed by atoms with Gasteiger partial charge < -0.3 is 10.7 Å². The molecule has 0 unspecified atom stereocenters. The number of hydrogen-bond donors (Lipinski definition) is 2. The molecule has 0 spiro atoms. The Morgan fingerprint density at radius 2 is 2.11 bits per heavy atom. The fourth-order valence-corrected chi connectivity index (χ4v) is 1.77. The second kappa shape index (κ2) is 8.09. The molecule has 1 aromatic carbocycles. The lowest BCUT2D eigenvalue weighted by Crippen LogP contribution is -1.90. The van der Waals surface area contributed by atoms with Crippen LogP contribution < -0.4 is 5.32 Å². The van der Waals surface area contributed by atoms with E-state index >= 15 is 0 Å². The molecular formula is C17H22N2. The summed E-state index contributed by atoms with van der Waals surface area (Å²) in [7, 11) is 0. The highest BCUT2D eigenvalue weighted by molar-refractivity contribution is 5.76. The molecule has 0 radical (unpaired) electrons. The molecule has 1 aromatic rings. The molecule has 0 aliphatic carbocycles. The zero-order valence-electron chi connectivity index (χ0n) is 11.9. The standard InChI is InChI=1S/C17H22N2/c1-4-7-15(12-14(2)3)16-8-5-9-17(13-16)19-11-6-10-18/h4-14,18-19H,1-3H3/b7-4-,11-6-,15-12+,18-10?. The van der Waals surface area contributed by atoms with E-state index < -0.39 is 0 Å². The molecule has 0 aliphatic rings. The highest BCUT2D eigenvalue weighted by Crippen LogP contribution is 2.21. The lowest BCUT2D eigenvalue weighted by atomic mass is 10.0. The molecule has 100 valence electrons. The average Bonchev–Trinajstić information content (AvgIpc) is 2.38. The van der Waals surface area contributed by atoms with E-state index in [1.54, 1.807) is 12.3 Å². The van der Waals surface area contributed by atoms with Gasteiger partial charge in [0, 0.05) is 18.1 Å². The van der Waals surface area contributed by atoms with Gasteiger partial charge in [-0.3, -0.25) is 0 Å². The van der Waals surface area contributed by atoms with Crippen LogP contribution in [-0.2, 0) is 0 Å². The number of nitrogens with one attached hydrogen (secondary N) is 2. The van der Waals surface area contributed by atoms with Gasteiger partial charge in [-0.05, 0) is 42.2 Å². The van der Waals surface area contributed by atoms with E-state index in [0.717, 1.165) is 5.69 Å². The van der Waals surface area contributed by atoms with Crippen molar-refractivity contribution in [1.29, 1.82) is 5.41 Å². The van der Waals surface area contributed by atoms with Crippen LogP contribution in [0.2, 0.25) is 0 Å². The Kier molecular flexibility index (Phi) is 6.37. The maximum atomic E-state index is 6.94. The second-order valence-electron chi connectivity index (χ2n) is 4.62. The summed E-state index contributed by atoms with van der Waals surface area (Å²) in [6.07, 6.45) is 11.1. The zero-order chi connectivity index (χ0) is 14.1. The van der Waals surface area contributed by atoms with Crippen molar-refractivity contribution in [2.24, 2.45) is 5.92 Å². The molecule has 2 N–H and O–H groups in total. The Balaban J connectivity index is 3.01. The Bertz CT molecular complexity index is 494. The van der Waals surface area contributed by atoms with Crippen LogP contribution in [0.1, 0.15) is 26.3 Å². The van der Waals surface area contributed by atoms with E-state index in [9.17, 15) is 0 Å². The Hall–Kier alpha value is -2.09. The summed E-state index contributed by atoms with van der Waals surface area (Å²) < 4.78 is 0. The van der Waals surface area contributed by atoms with Crippen molar-refractivity contribution < 1.29 is 0 Å². The molecule has 0 amide bonds. The van der Waals surface area contributed by atoms with E-state index in [1.807, 2.05) is 19.1 Å². The summed E-state index contributed by atoms with van der Waals surface area (Å²) in [6, 6.07) is 8.27. The molecule has 0 bridgehead atoms. The third-order valence-corrected chi connectivity index (χ3v) is 2.50. The van der Waals surface area contributed by atoms with Crippen molar-refractivity contribution in [3.05, 3.63) is 60.3 Å². The van der Waals surface area contributed by atoms with Crippen molar-refractivity contribution in [3.8, 4) is 0 Å². The van der Waals surface area contributed by atoms with Crippen LogP contribution >= 0.6 is 0 Å². The highest BCUT2D eigenvalue weighted by Gasteiger charge is 2.00. The Morgan fingerprint density at radius 3 is 2.74 bits per heavy atom. The molecule has 19 heavy (non-hydrogen) atoms. The summed E-state index contributed by atoms with van der Waals surface area (Å²) in [5.74, 6) is 0.514. The predicted octanol–water partition coefficient (Wildman–Crippen LogP) is 4.88. The molecule has 0 saturated carbocycles. The minimum atomic E-state index is 0.514. The lowest BCUT2D eigenvalue weighted by Gasteiger charge is -2.08. The third kappa shape index (κ3) is 5.38. The molecule has 2 heteroatoms. The van der Waals surface area contributed by atoms with E-state index in [1.165, 1.54) is 17.4 Å². The number of allylic oxidation sites excluding steroid dienone is 5. The Labute approximate surface area is 116 Å². The van der Waals surface area contributed by atoms with E-state index in [0.29, 0.717) is 5.92 Å². The molecule has 0 fully saturated rings. The van der Waals surface area contributed by atoms with Crippen LogP contribution in [0.15, 0.2) is 54.8 Å². The topological polar surface area (TPSA) is 35.9 Å². The van der Waals surface area contributed by atoms with Gasteiger partial charge in [0.1, 0.15) is 0 Å². The monoisotopic (exact) mass is 254 g/mol. The molecule has 0 aromatic heterocycles. The van der Waals surface area contributed by atoms with Crippen LogP contribution in [0.3, 0.4) is 0 Å². The fraction of sp³-hybridized carbons (Fsp3) is 0.235. The van der Waals surface area contributed by atoms with Gasteiger partial charge in [-0.2, -0.15) is 0 Å². The molecule has 0 saturated heterocycles. The van der Waals surface area contributed by atoms with Gasteiger partial charge in [-0.1, -0.05) is 44.2 Å². The number of hydrogen-bond acceptors (Lipinski definition) is 2. The minimum Gasteiger partial charge on any atom is -0.362 e. The van der Waals surface area contributed by atoms with Crippen LogP contribution in [-0.4, -0.2) is 6.21 Å². The van der Waals surface area contributed by atoms with Crippen molar-refractivity contribution in [2.45, 2.75) is 20.8 Å². The number of benzene rings is 1. The van der Waals surface area contributed by atoms with Crippen LogP contribution in [0.4, 0.5) is 5.69 Å². The summed E-state index contributed by atoms with van der Waals surface area (Å²) in [4.78, 5) is 0. The summed E-state index contributed by atoms with van der Waals surface area (Å²) in [5, 5.41) is 10.1. The van der Waals surface area contributed by atoms with E-state index in [-0.39, 0.29) is 0 Å². The first-order chi connectivity index (χ1) is 9.17. The van der Waals surface area contributed by atoms with Crippen LogP contribution in [0, 0.1) is 11.3 Å². The normalized spacial score (nSPS) is 12.5. The Morgan fingerprint density at radius 1 is 1.32 bits per heavy atom. The first kappa shape index (κ1) is 15.0. The first-order valence-electron chi connectivity index (χ1n) is 6.54. The highest BCUT2D eigenvalue weighted by atomic mass is 14.8. The van der Waals surface area contributed by atoms with Gasteiger partial charge in [0.2, 0.25) is 0 Å². The smallest absolute Gasteiger partial charge is 0.0385 e. The lowest BCUT2D eigenvalue weighted by molar-refractivity contribution is 0.834. The van der Waals surface area contributed by atoms with Gasteiger partial charge in [0.25, 0.3) is 0 Å². The zero-order valence-corrected chi connectivity index (χ0v) is 11.9. The molecule has 0 aliphatic heterocycles. The van der Waals surface area contributed by atoms with E-state index in [4.69, 9.17) is 5.41 Å². The van der Waals surface area contributed by atoms with Crippen LogP contribution in [0.25, 0.3) is 5.57 Å². The van der Waals surface area contributed by atoms with Crippen molar-refractivity contribution in [1.82, 2.24) is 0 Å². The number of rotatable bonds is 6. The molecular weight excluding hydrogens is 232 g/mol. The number of anilines is 1. The minimum absolute atomic E-state index is 0.514. The maximum Gasteiger partial charge on any atom is 0.0385 e. The molecule has 0 atom stereocenters. The first-order valence-corrected chi connectivity index (χ1v) is 6.54. The van der Waals surface area contributed by atoms with Crippen molar-refractivity contribution >= 4 is 17.5 Å². The second-order valence-corrected chi connectivity index (χ2v) is 4.62.